The average molecular weight is 259 g/mol. The predicted octanol–water partition coefficient (Wildman–Crippen LogP) is 2.93. The zero-order chi connectivity index (χ0) is 13.7. The summed E-state index contributed by atoms with van der Waals surface area (Å²) in [6, 6.07) is 10.3. The zero-order valence-corrected chi connectivity index (χ0v) is 11.0. The summed E-state index contributed by atoms with van der Waals surface area (Å²) >= 11 is 0. The van der Waals surface area contributed by atoms with Crippen LogP contribution < -0.4 is 0 Å². The van der Waals surface area contributed by atoms with Crippen LogP contribution in [0.3, 0.4) is 0 Å². The molecule has 0 aliphatic rings. The van der Waals surface area contributed by atoms with Crippen molar-refractivity contribution in [3.8, 4) is 0 Å². The van der Waals surface area contributed by atoms with Crippen molar-refractivity contribution in [2.45, 2.75) is 32.3 Å². The highest BCUT2D eigenvalue weighted by atomic mass is 19.1. The van der Waals surface area contributed by atoms with Crippen LogP contribution in [0.5, 0.6) is 0 Å². The topological polar surface area (TPSA) is 33.1 Å². The molecule has 2 nitrogen and oxygen atoms in total. The molecule has 3 heteroatoms. The van der Waals surface area contributed by atoms with E-state index in [-0.39, 0.29) is 5.82 Å². The molecule has 2 aromatic rings. The molecule has 0 radical (unpaired) electrons. The van der Waals surface area contributed by atoms with E-state index in [4.69, 9.17) is 0 Å². The highest BCUT2D eigenvalue weighted by Gasteiger charge is 2.08. The van der Waals surface area contributed by atoms with Crippen molar-refractivity contribution in [3.05, 3.63) is 65.2 Å². The number of pyridine rings is 1. The molecule has 0 saturated heterocycles. The Morgan fingerprint density at radius 3 is 2.63 bits per heavy atom. The van der Waals surface area contributed by atoms with Gasteiger partial charge in [-0.05, 0) is 42.2 Å². The summed E-state index contributed by atoms with van der Waals surface area (Å²) in [4.78, 5) is 4.31. The summed E-state index contributed by atoms with van der Waals surface area (Å²) in [6.07, 6.45) is 3.18. The van der Waals surface area contributed by atoms with Gasteiger partial charge in [-0.25, -0.2) is 4.39 Å². The van der Waals surface area contributed by atoms with E-state index in [9.17, 15) is 9.50 Å². The van der Waals surface area contributed by atoms with Gasteiger partial charge in [0.25, 0.3) is 0 Å². The van der Waals surface area contributed by atoms with Crippen LogP contribution in [0, 0.1) is 5.82 Å². The summed E-state index contributed by atoms with van der Waals surface area (Å²) in [7, 11) is 0. The van der Waals surface area contributed by atoms with Gasteiger partial charge in [0.15, 0.2) is 0 Å². The number of aromatic nitrogens is 1. The molecule has 19 heavy (non-hydrogen) atoms. The molecule has 1 N–H and O–H groups in total. The van der Waals surface area contributed by atoms with E-state index in [1.807, 2.05) is 24.4 Å². The first-order chi connectivity index (χ1) is 9.17. The van der Waals surface area contributed by atoms with Crippen LogP contribution in [-0.4, -0.2) is 16.2 Å². The monoisotopic (exact) mass is 259 g/mol. The second-order valence-electron chi connectivity index (χ2n) is 4.70. The Labute approximate surface area is 112 Å². The van der Waals surface area contributed by atoms with Gasteiger partial charge in [0.1, 0.15) is 5.82 Å². The van der Waals surface area contributed by atoms with Crippen molar-refractivity contribution in [2.24, 2.45) is 0 Å². The summed E-state index contributed by atoms with van der Waals surface area (Å²) in [5, 5.41) is 10.0. The summed E-state index contributed by atoms with van der Waals surface area (Å²) in [5.41, 5.74) is 2.85. The number of aliphatic hydroxyl groups excluding tert-OH is 1. The molecule has 1 aromatic heterocycles. The Bertz CT molecular complexity index is 525. The second-order valence-corrected chi connectivity index (χ2v) is 4.70. The SMILES string of the molecule is CCc1ccc(CC(O)Cc2cccc(F)c2)nc1. The molecule has 100 valence electrons. The molecule has 0 bridgehead atoms. The first kappa shape index (κ1) is 13.7. The highest BCUT2D eigenvalue weighted by molar-refractivity contribution is 5.18. The van der Waals surface area contributed by atoms with Crippen molar-refractivity contribution in [2.75, 3.05) is 0 Å². The molecule has 0 amide bonds. The summed E-state index contributed by atoms with van der Waals surface area (Å²) in [5.74, 6) is -0.268. The fourth-order valence-corrected chi connectivity index (χ4v) is 2.03. The van der Waals surface area contributed by atoms with Crippen LogP contribution >= 0.6 is 0 Å². The van der Waals surface area contributed by atoms with Gasteiger partial charge in [0.05, 0.1) is 6.10 Å². The lowest BCUT2D eigenvalue weighted by molar-refractivity contribution is 0.174. The number of hydrogen-bond donors (Lipinski definition) is 1. The molecule has 2 rings (SSSR count). The largest absolute Gasteiger partial charge is 0.392 e. The van der Waals surface area contributed by atoms with Crippen molar-refractivity contribution < 1.29 is 9.50 Å². The van der Waals surface area contributed by atoms with Crippen LogP contribution in [0.4, 0.5) is 4.39 Å². The molecule has 1 aromatic carbocycles. The Morgan fingerprint density at radius 1 is 1.16 bits per heavy atom. The van der Waals surface area contributed by atoms with Crippen LogP contribution in [0.2, 0.25) is 0 Å². The smallest absolute Gasteiger partial charge is 0.123 e. The molecule has 0 spiro atoms. The molecule has 0 saturated carbocycles. The van der Waals surface area contributed by atoms with Crippen molar-refractivity contribution in [1.82, 2.24) is 4.98 Å². The number of hydrogen-bond acceptors (Lipinski definition) is 2. The third-order valence-electron chi connectivity index (χ3n) is 3.10. The zero-order valence-electron chi connectivity index (χ0n) is 11.0. The van der Waals surface area contributed by atoms with Crippen molar-refractivity contribution >= 4 is 0 Å². The normalized spacial score (nSPS) is 12.4. The lowest BCUT2D eigenvalue weighted by atomic mass is 10.0. The van der Waals surface area contributed by atoms with Gasteiger partial charge in [-0.3, -0.25) is 4.98 Å². The molecular weight excluding hydrogens is 241 g/mol. The Balaban J connectivity index is 1.95. The summed E-state index contributed by atoms with van der Waals surface area (Å²) in [6.45, 7) is 2.08. The van der Waals surface area contributed by atoms with Gasteiger partial charge in [-0.2, -0.15) is 0 Å². The van der Waals surface area contributed by atoms with Gasteiger partial charge in [-0.1, -0.05) is 25.1 Å². The average Bonchev–Trinajstić information content (AvgIpc) is 2.39. The third kappa shape index (κ3) is 4.14. The first-order valence-corrected chi connectivity index (χ1v) is 6.53. The Kier molecular flexibility index (Phi) is 4.63. The van der Waals surface area contributed by atoms with Gasteiger partial charge in [-0.15, -0.1) is 0 Å². The van der Waals surface area contributed by atoms with E-state index in [0.717, 1.165) is 17.7 Å². The van der Waals surface area contributed by atoms with Crippen LogP contribution in [0.1, 0.15) is 23.7 Å². The second kappa shape index (κ2) is 6.43. The quantitative estimate of drug-likeness (QED) is 0.895. The number of rotatable bonds is 5. The van der Waals surface area contributed by atoms with E-state index in [0.29, 0.717) is 12.8 Å². The molecule has 0 fully saturated rings. The molecular formula is C16H18FNO. The number of halogens is 1. The van der Waals surface area contributed by atoms with E-state index >= 15 is 0 Å². The van der Waals surface area contributed by atoms with E-state index in [1.165, 1.54) is 17.7 Å². The molecule has 1 atom stereocenters. The molecule has 1 unspecified atom stereocenters. The highest BCUT2D eigenvalue weighted by Crippen LogP contribution is 2.10. The minimum atomic E-state index is -0.540. The minimum Gasteiger partial charge on any atom is -0.392 e. The molecule has 0 aliphatic heterocycles. The van der Waals surface area contributed by atoms with Gasteiger partial charge in [0, 0.05) is 18.3 Å². The Hall–Kier alpha value is -1.74. The number of aliphatic hydroxyl groups is 1. The van der Waals surface area contributed by atoms with E-state index in [2.05, 4.69) is 11.9 Å². The first-order valence-electron chi connectivity index (χ1n) is 6.53. The van der Waals surface area contributed by atoms with Crippen molar-refractivity contribution in [3.63, 3.8) is 0 Å². The van der Waals surface area contributed by atoms with E-state index < -0.39 is 6.10 Å². The predicted molar refractivity (Wildman–Crippen MR) is 73.4 cm³/mol. The fraction of sp³-hybridized carbons (Fsp3) is 0.312. The summed E-state index contributed by atoms with van der Waals surface area (Å²) < 4.78 is 13.0. The maximum absolute atomic E-state index is 13.0. The lowest BCUT2D eigenvalue weighted by Gasteiger charge is -2.10. The maximum atomic E-state index is 13.0. The Morgan fingerprint density at radius 2 is 2.00 bits per heavy atom. The molecule has 0 aliphatic carbocycles. The number of nitrogens with zero attached hydrogens (tertiary/aromatic N) is 1. The number of aryl methyl sites for hydroxylation is 1. The standard InChI is InChI=1S/C16H18FNO/c1-2-12-6-7-15(18-11-12)10-16(19)9-13-4-3-5-14(17)8-13/h3-8,11,16,19H,2,9-10H2,1H3. The van der Waals surface area contributed by atoms with Crippen LogP contribution in [0.15, 0.2) is 42.6 Å². The number of benzene rings is 1. The van der Waals surface area contributed by atoms with Crippen LogP contribution in [-0.2, 0) is 19.3 Å². The van der Waals surface area contributed by atoms with E-state index in [1.54, 1.807) is 6.07 Å². The minimum absolute atomic E-state index is 0.268. The third-order valence-corrected chi connectivity index (χ3v) is 3.10. The maximum Gasteiger partial charge on any atom is 0.123 e. The van der Waals surface area contributed by atoms with Crippen molar-refractivity contribution in [1.29, 1.82) is 0 Å². The molecule has 1 heterocycles. The van der Waals surface area contributed by atoms with Gasteiger partial charge >= 0.3 is 0 Å². The fourth-order valence-electron chi connectivity index (χ4n) is 2.03. The van der Waals surface area contributed by atoms with Gasteiger partial charge < -0.3 is 5.11 Å². The van der Waals surface area contributed by atoms with Crippen LogP contribution in [0.25, 0.3) is 0 Å². The lowest BCUT2D eigenvalue weighted by Crippen LogP contribution is -2.14. The van der Waals surface area contributed by atoms with Gasteiger partial charge in [0.2, 0.25) is 0 Å².